The summed E-state index contributed by atoms with van der Waals surface area (Å²) in [5, 5.41) is 4.42. The summed E-state index contributed by atoms with van der Waals surface area (Å²) in [5.74, 6) is 1.07. The van der Waals surface area contributed by atoms with E-state index >= 15 is 0 Å². The van der Waals surface area contributed by atoms with Crippen LogP contribution in [0.1, 0.15) is 37.8 Å². The van der Waals surface area contributed by atoms with Gasteiger partial charge >= 0.3 is 0 Å². The third-order valence-corrected chi connectivity index (χ3v) is 4.76. The topological polar surface area (TPSA) is 24.5 Å². The summed E-state index contributed by atoms with van der Waals surface area (Å²) in [7, 11) is 0. The van der Waals surface area contributed by atoms with Crippen LogP contribution < -0.4 is 10.1 Å². The van der Waals surface area contributed by atoms with Crippen molar-refractivity contribution in [3.05, 3.63) is 28.3 Å². The number of hydrogen-bond donors (Lipinski definition) is 1. The van der Waals surface area contributed by atoms with Crippen molar-refractivity contribution in [2.75, 3.05) is 19.7 Å². The molecule has 1 N–H and O–H groups in total. The lowest BCUT2D eigenvalue weighted by Crippen LogP contribution is -2.40. The van der Waals surface area contributed by atoms with E-state index in [-0.39, 0.29) is 0 Å². The maximum Gasteiger partial charge on any atom is 0.127 e. The monoisotopic (exact) mass is 308 g/mol. The highest BCUT2D eigenvalue weighted by Crippen LogP contribution is 2.34. The second kappa shape index (κ2) is 6.55. The fraction of sp³-hybridized carbons (Fsp3) is 0.647. The van der Waals surface area contributed by atoms with Gasteiger partial charge in [0.15, 0.2) is 0 Å². The number of fused-ring (bicyclic) bond motifs is 1. The minimum absolute atomic E-state index is 0.517. The number of ether oxygens (including phenoxy) is 1. The third-order valence-electron chi connectivity index (χ3n) is 4.55. The van der Waals surface area contributed by atoms with E-state index in [4.69, 9.17) is 16.3 Å². The number of nitrogens with zero attached hydrogens (tertiary/aromatic N) is 1. The van der Waals surface area contributed by atoms with E-state index in [1.807, 2.05) is 6.07 Å². The zero-order valence-corrected chi connectivity index (χ0v) is 13.7. The zero-order valence-electron chi connectivity index (χ0n) is 13.0. The molecule has 0 saturated carbocycles. The van der Waals surface area contributed by atoms with Crippen LogP contribution in [-0.2, 0) is 13.0 Å². The van der Waals surface area contributed by atoms with Crippen LogP contribution in [-0.4, -0.2) is 36.7 Å². The molecule has 1 aromatic rings. The molecule has 0 amide bonds. The Bertz CT molecular complexity index is 498. The smallest absolute Gasteiger partial charge is 0.127 e. The molecule has 116 valence electrons. The Morgan fingerprint density at radius 1 is 1.43 bits per heavy atom. The highest BCUT2D eigenvalue weighted by atomic mass is 35.5. The first-order chi connectivity index (χ1) is 10.1. The van der Waals surface area contributed by atoms with Gasteiger partial charge in [-0.25, -0.2) is 0 Å². The predicted molar refractivity (Wildman–Crippen MR) is 87.2 cm³/mol. The molecule has 3 nitrogen and oxygen atoms in total. The molecule has 2 heterocycles. The number of benzene rings is 1. The van der Waals surface area contributed by atoms with E-state index in [2.05, 4.69) is 30.1 Å². The Kier molecular flexibility index (Phi) is 4.72. The minimum Gasteiger partial charge on any atom is -0.493 e. The third kappa shape index (κ3) is 3.53. The first kappa shape index (κ1) is 15.1. The molecule has 0 bridgehead atoms. The molecule has 3 rings (SSSR count). The van der Waals surface area contributed by atoms with E-state index in [9.17, 15) is 0 Å². The largest absolute Gasteiger partial charge is 0.493 e. The second-order valence-corrected chi connectivity index (χ2v) is 6.90. The second-order valence-electron chi connectivity index (χ2n) is 6.47. The van der Waals surface area contributed by atoms with Crippen molar-refractivity contribution >= 4 is 11.6 Å². The molecule has 0 radical (unpaired) electrons. The summed E-state index contributed by atoms with van der Waals surface area (Å²) in [6, 6.07) is 5.26. The molecular weight excluding hydrogens is 284 g/mol. The molecule has 1 unspecified atom stereocenters. The molecule has 2 aliphatic rings. The molecule has 0 aromatic heterocycles. The zero-order chi connectivity index (χ0) is 14.8. The van der Waals surface area contributed by atoms with Crippen LogP contribution in [0.25, 0.3) is 0 Å². The normalized spacial score (nSPS) is 21.1. The average Bonchev–Trinajstić information content (AvgIpc) is 3.08. The van der Waals surface area contributed by atoms with E-state index in [1.54, 1.807) is 0 Å². The molecule has 1 atom stereocenters. The van der Waals surface area contributed by atoms with E-state index in [0.717, 1.165) is 43.4 Å². The minimum atomic E-state index is 0.517. The summed E-state index contributed by atoms with van der Waals surface area (Å²) < 4.78 is 5.83. The molecule has 1 saturated heterocycles. The molecule has 4 heteroatoms. The van der Waals surface area contributed by atoms with Crippen LogP contribution in [0.5, 0.6) is 5.75 Å². The van der Waals surface area contributed by atoms with Gasteiger partial charge in [-0.15, -0.1) is 0 Å². The van der Waals surface area contributed by atoms with Gasteiger partial charge in [-0.05, 0) is 50.9 Å². The first-order valence-electron chi connectivity index (χ1n) is 8.05. The Hall–Kier alpha value is -0.770. The lowest BCUT2D eigenvalue weighted by molar-refractivity contribution is 0.191. The summed E-state index contributed by atoms with van der Waals surface area (Å²) in [5.41, 5.74) is 2.50. The quantitative estimate of drug-likeness (QED) is 0.904. The van der Waals surface area contributed by atoms with Crippen molar-refractivity contribution in [1.82, 2.24) is 10.2 Å². The summed E-state index contributed by atoms with van der Waals surface area (Å²) in [6.07, 6.45) is 3.56. The maximum absolute atomic E-state index is 6.28. The highest BCUT2D eigenvalue weighted by molar-refractivity contribution is 6.30. The lowest BCUT2D eigenvalue weighted by Gasteiger charge is -2.30. The van der Waals surface area contributed by atoms with Gasteiger partial charge in [-0.1, -0.05) is 11.6 Å². The SMILES string of the molecule is CC(C)N(Cc1cc(Cl)cc2c1OCC2)CC1CCCN1. The van der Waals surface area contributed by atoms with Gasteiger partial charge < -0.3 is 10.1 Å². The van der Waals surface area contributed by atoms with Crippen molar-refractivity contribution < 1.29 is 4.74 Å². The van der Waals surface area contributed by atoms with Gasteiger partial charge in [0.05, 0.1) is 6.61 Å². The maximum atomic E-state index is 6.28. The van der Waals surface area contributed by atoms with Crippen molar-refractivity contribution in [3.63, 3.8) is 0 Å². The summed E-state index contributed by atoms with van der Waals surface area (Å²) in [6.45, 7) is 8.49. The van der Waals surface area contributed by atoms with Gasteiger partial charge in [0.1, 0.15) is 5.75 Å². The molecule has 0 spiro atoms. The van der Waals surface area contributed by atoms with Crippen LogP contribution in [0.3, 0.4) is 0 Å². The fourth-order valence-electron chi connectivity index (χ4n) is 3.34. The van der Waals surface area contributed by atoms with Crippen molar-refractivity contribution in [1.29, 1.82) is 0 Å². The Labute approximate surface area is 132 Å². The lowest BCUT2D eigenvalue weighted by atomic mass is 10.1. The standard InChI is InChI=1S/C17H25ClN2O/c1-12(2)20(11-16-4-3-6-19-16)10-14-9-15(18)8-13-5-7-21-17(13)14/h8-9,12,16,19H,3-7,10-11H2,1-2H3. The van der Waals surface area contributed by atoms with Gasteiger partial charge in [0.25, 0.3) is 0 Å². The van der Waals surface area contributed by atoms with Crippen molar-refractivity contribution in [3.8, 4) is 5.75 Å². The van der Waals surface area contributed by atoms with Crippen molar-refractivity contribution in [2.24, 2.45) is 0 Å². The Balaban J connectivity index is 1.76. The van der Waals surface area contributed by atoms with Gasteiger partial charge in [0.2, 0.25) is 0 Å². The van der Waals surface area contributed by atoms with Crippen LogP contribution in [0.2, 0.25) is 5.02 Å². The van der Waals surface area contributed by atoms with Crippen molar-refractivity contribution in [2.45, 2.75) is 51.7 Å². The number of nitrogens with one attached hydrogen (secondary N) is 1. The Morgan fingerprint density at radius 2 is 2.29 bits per heavy atom. The number of rotatable bonds is 5. The van der Waals surface area contributed by atoms with Crippen LogP contribution in [0.15, 0.2) is 12.1 Å². The van der Waals surface area contributed by atoms with Crippen LogP contribution in [0, 0.1) is 0 Å². The molecule has 1 fully saturated rings. The summed E-state index contributed by atoms with van der Waals surface area (Å²) >= 11 is 6.28. The van der Waals surface area contributed by atoms with Crippen LogP contribution in [0.4, 0.5) is 0 Å². The van der Waals surface area contributed by atoms with E-state index in [1.165, 1.54) is 24.0 Å². The molecular formula is C17H25ClN2O. The van der Waals surface area contributed by atoms with Gasteiger partial charge in [-0.3, -0.25) is 4.90 Å². The van der Waals surface area contributed by atoms with Gasteiger partial charge in [0, 0.05) is 42.2 Å². The molecule has 21 heavy (non-hydrogen) atoms. The van der Waals surface area contributed by atoms with Crippen LogP contribution >= 0.6 is 11.6 Å². The number of halogens is 1. The average molecular weight is 309 g/mol. The molecule has 1 aromatic carbocycles. The first-order valence-corrected chi connectivity index (χ1v) is 8.43. The molecule has 2 aliphatic heterocycles. The fourth-order valence-corrected chi connectivity index (χ4v) is 3.60. The van der Waals surface area contributed by atoms with Gasteiger partial charge in [-0.2, -0.15) is 0 Å². The highest BCUT2D eigenvalue weighted by Gasteiger charge is 2.23. The number of hydrogen-bond acceptors (Lipinski definition) is 3. The Morgan fingerprint density at radius 3 is 3.00 bits per heavy atom. The summed E-state index contributed by atoms with van der Waals surface area (Å²) in [4.78, 5) is 2.52. The van der Waals surface area contributed by atoms with E-state index in [0.29, 0.717) is 12.1 Å². The van der Waals surface area contributed by atoms with E-state index < -0.39 is 0 Å². The molecule has 0 aliphatic carbocycles. The predicted octanol–water partition coefficient (Wildman–Crippen LogP) is 3.24.